The van der Waals surface area contributed by atoms with Crippen LogP contribution in [0.15, 0.2) is 34.7 Å². The van der Waals surface area contributed by atoms with E-state index in [1.165, 1.54) is 25.7 Å². The fraction of sp³-hybridized carbons (Fsp3) is 0.500. The van der Waals surface area contributed by atoms with Gasteiger partial charge in [0.05, 0.1) is 6.04 Å². The van der Waals surface area contributed by atoms with Gasteiger partial charge in [-0.1, -0.05) is 44.9 Å². The fourth-order valence-electron chi connectivity index (χ4n) is 2.83. The van der Waals surface area contributed by atoms with E-state index >= 15 is 0 Å². The average molecular weight is 260 g/mol. The first-order chi connectivity index (χ1) is 9.30. The lowest BCUT2D eigenvalue weighted by Crippen LogP contribution is -2.33. The van der Waals surface area contributed by atoms with Gasteiger partial charge in [-0.05, 0) is 30.9 Å². The van der Waals surface area contributed by atoms with E-state index in [1.807, 2.05) is 18.2 Å². The van der Waals surface area contributed by atoms with E-state index in [4.69, 9.17) is 10.3 Å². The maximum atomic E-state index is 5.95. The topological polar surface area (TPSA) is 51.2 Å². The van der Waals surface area contributed by atoms with E-state index in [2.05, 4.69) is 31.4 Å². The molecule has 3 N–H and O–H groups in total. The summed E-state index contributed by atoms with van der Waals surface area (Å²) < 4.78 is 5.95. The molecule has 1 heterocycles. The molecule has 1 unspecified atom stereocenters. The molecule has 1 aromatic heterocycles. The van der Waals surface area contributed by atoms with E-state index in [9.17, 15) is 0 Å². The van der Waals surface area contributed by atoms with E-state index < -0.39 is 0 Å². The number of hydrogen-bond acceptors (Lipinski definition) is 3. The van der Waals surface area contributed by atoms with Crippen LogP contribution in [0.2, 0.25) is 0 Å². The van der Waals surface area contributed by atoms with Crippen LogP contribution in [0.5, 0.6) is 0 Å². The molecule has 0 bridgehead atoms. The number of fused-ring (bicyclic) bond motifs is 1. The first kappa shape index (κ1) is 14.1. The molecule has 1 atom stereocenters. The molecule has 0 fully saturated rings. The second-order valence-electron chi connectivity index (χ2n) is 5.17. The highest BCUT2D eigenvalue weighted by Crippen LogP contribution is 2.32. The zero-order valence-electron chi connectivity index (χ0n) is 11.9. The molecule has 0 aliphatic carbocycles. The molecule has 2 rings (SSSR count). The van der Waals surface area contributed by atoms with Gasteiger partial charge in [-0.25, -0.2) is 5.43 Å². The maximum Gasteiger partial charge on any atom is 0.134 e. The number of furan rings is 1. The number of rotatable bonds is 7. The van der Waals surface area contributed by atoms with Crippen LogP contribution in [0, 0.1) is 5.92 Å². The van der Waals surface area contributed by atoms with Gasteiger partial charge in [0.2, 0.25) is 0 Å². The first-order valence-electron chi connectivity index (χ1n) is 7.24. The Bertz CT molecular complexity index is 467. The highest BCUT2D eigenvalue weighted by Gasteiger charge is 2.24. The van der Waals surface area contributed by atoms with Crippen molar-refractivity contribution in [3.8, 4) is 0 Å². The lowest BCUT2D eigenvalue weighted by molar-refractivity contribution is 0.284. The van der Waals surface area contributed by atoms with Crippen LogP contribution in [0.3, 0.4) is 0 Å². The Morgan fingerprint density at radius 3 is 2.42 bits per heavy atom. The van der Waals surface area contributed by atoms with Gasteiger partial charge in [0.1, 0.15) is 11.3 Å². The summed E-state index contributed by atoms with van der Waals surface area (Å²) in [4.78, 5) is 0. The lowest BCUT2D eigenvalue weighted by atomic mass is 9.89. The Hall–Kier alpha value is -1.32. The molecule has 0 saturated heterocycles. The van der Waals surface area contributed by atoms with Gasteiger partial charge in [0, 0.05) is 5.39 Å². The molecule has 0 aliphatic heterocycles. The van der Waals surface area contributed by atoms with Crippen molar-refractivity contribution in [3.05, 3.63) is 36.1 Å². The number of nitrogens with one attached hydrogen (secondary N) is 1. The third-order valence-electron chi connectivity index (χ3n) is 3.72. The van der Waals surface area contributed by atoms with Crippen molar-refractivity contribution in [1.82, 2.24) is 5.43 Å². The maximum absolute atomic E-state index is 5.95. The van der Waals surface area contributed by atoms with Gasteiger partial charge in [-0.2, -0.15) is 0 Å². The molecule has 104 valence electrons. The van der Waals surface area contributed by atoms with Crippen LogP contribution in [0.4, 0.5) is 0 Å². The molecular formula is C16H24N2O. The van der Waals surface area contributed by atoms with Crippen LogP contribution in [0.1, 0.15) is 51.3 Å². The summed E-state index contributed by atoms with van der Waals surface area (Å²) in [6, 6.07) is 10.3. The molecule has 0 radical (unpaired) electrons. The second-order valence-corrected chi connectivity index (χ2v) is 5.17. The van der Waals surface area contributed by atoms with Crippen LogP contribution in [-0.2, 0) is 0 Å². The zero-order chi connectivity index (χ0) is 13.7. The molecule has 1 aromatic carbocycles. The summed E-state index contributed by atoms with van der Waals surface area (Å²) in [5.74, 6) is 7.26. The van der Waals surface area contributed by atoms with Crippen LogP contribution < -0.4 is 11.3 Å². The number of para-hydroxylation sites is 1. The SMILES string of the molecule is CCCC(CCC)C(NN)c1cc2ccccc2o1. The van der Waals surface area contributed by atoms with Crippen molar-refractivity contribution < 1.29 is 4.42 Å². The molecule has 3 nitrogen and oxygen atoms in total. The summed E-state index contributed by atoms with van der Waals surface area (Å²) in [5.41, 5.74) is 3.89. The molecule has 2 aromatic rings. The second kappa shape index (κ2) is 6.73. The summed E-state index contributed by atoms with van der Waals surface area (Å²) >= 11 is 0. The van der Waals surface area contributed by atoms with Crippen molar-refractivity contribution in [2.45, 2.75) is 45.6 Å². The zero-order valence-corrected chi connectivity index (χ0v) is 11.9. The Kier molecular flexibility index (Phi) is 5.00. The van der Waals surface area contributed by atoms with Crippen LogP contribution in [-0.4, -0.2) is 0 Å². The Morgan fingerprint density at radius 1 is 1.16 bits per heavy atom. The van der Waals surface area contributed by atoms with Gasteiger partial charge in [0.25, 0.3) is 0 Å². The lowest BCUT2D eigenvalue weighted by Gasteiger charge is -2.24. The first-order valence-corrected chi connectivity index (χ1v) is 7.24. The van der Waals surface area contributed by atoms with Crippen molar-refractivity contribution in [2.24, 2.45) is 11.8 Å². The Balaban J connectivity index is 2.28. The van der Waals surface area contributed by atoms with E-state index in [0.717, 1.165) is 16.7 Å². The average Bonchev–Trinajstić information content (AvgIpc) is 2.83. The normalized spacial score (nSPS) is 13.3. The standard InChI is InChI=1S/C16H24N2O/c1-3-7-12(8-4-2)16(18-17)15-11-13-9-5-6-10-14(13)19-15/h5-6,9-12,16,18H,3-4,7-8,17H2,1-2H3. The Morgan fingerprint density at radius 2 is 1.84 bits per heavy atom. The minimum Gasteiger partial charge on any atom is -0.459 e. The van der Waals surface area contributed by atoms with Gasteiger partial charge in [-0.3, -0.25) is 5.84 Å². The van der Waals surface area contributed by atoms with E-state index in [0.29, 0.717) is 5.92 Å². The summed E-state index contributed by atoms with van der Waals surface area (Å²) in [7, 11) is 0. The molecule has 0 spiro atoms. The molecule has 0 aliphatic rings. The summed E-state index contributed by atoms with van der Waals surface area (Å²) in [6.07, 6.45) is 4.67. The summed E-state index contributed by atoms with van der Waals surface area (Å²) in [6.45, 7) is 4.43. The van der Waals surface area contributed by atoms with Crippen molar-refractivity contribution in [3.63, 3.8) is 0 Å². The van der Waals surface area contributed by atoms with Crippen molar-refractivity contribution >= 4 is 11.0 Å². The van der Waals surface area contributed by atoms with E-state index in [-0.39, 0.29) is 6.04 Å². The minimum absolute atomic E-state index is 0.104. The molecular weight excluding hydrogens is 236 g/mol. The Labute approximate surface area is 115 Å². The van der Waals surface area contributed by atoms with Crippen LogP contribution in [0.25, 0.3) is 11.0 Å². The number of hydrazine groups is 1. The largest absolute Gasteiger partial charge is 0.459 e. The van der Waals surface area contributed by atoms with Gasteiger partial charge >= 0.3 is 0 Å². The third kappa shape index (κ3) is 3.17. The molecule has 19 heavy (non-hydrogen) atoms. The monoisotopic (exact) mass is 260 g/mol. The summed E-state index contributed by atoms with van der Waals surface area (Å²) in [5, 5.41) is 1.14. The predicted octanol–water partition coefficient (Wildman–Crippen LogP) is 4.15. The molecule has 0 saturated carbocycles. The molecule has 3 heteroatoms. The highest BCUT2D eigenvalue weighted by molar-refractivity contribution is 5.77. The number of hydrogen-bond donors (Lipinski definition) is 2. The van der Waals surface area contributed by atoms with Crippen molar-refractivity contribution in [2.75, 3.05) is 0 Å². The third-order valence-corrected chi connectivity index (χ3v) is 3.72. The van der Waals surface area contributed by atoms with Crippen molar-refractivity contribution in [1.29, 1.82) is 0 Å². The number of nitrogens with two attached hydrogens (primary N) is 1. The van der Waals surface area contributed by atoms with Gasteiger partial charge in [0.15, 0.2) is 0 Å². The fourth-order valence-corrected chi connectivity index (χ4v) is 2.83. The predicted molar refractivity (Wildman–Crippen MR) is 79.6 cm³/mol. The van der Waals surface area contributed by atoms with Gasteiger partial charge in [-0.15, -0.1) is 0 Å². The smallest absolute Gasteiger partial charge is 0.134 e. The van der Waals surface area contributed by atoms with E-state index in [1.54, 1.807) is 0 Å². The quantitative estimate of drug-likeness (QED) is 0.580. The van der Waals surface area contributed by atoms with Gasteiger partial charge < -0.3 is 4.42 Å². The highest BCUT2D eigenvalue weighted by atomic mass is 16.3. The number of benzene rings is 1. The molecule has 0 amide bonds. The minimum atomic E-state index is 0.104. The van der Waals surface area contributed by atoms with Crippen LogP contribution >= 0.6 is 0 Å².